The number of amides is 2. The van der Waals surface area contributed by atoms with Crippen LogP contribution in [0.25, 0.3) is 0 Å². The standard InChI is InChI=1S/C19H23ClN6O4/c1-13(27)22-17-4-5-26(23-17)19(30)25-8-6-24(7-9-25)12-14-2-3-15(20)10-16(14)21-11-18(28)29/h2-5,10,21H,6-9,11-12H2,1H3,(H,28,29)(H,22,23,27). The molecule has 0 atom stereocenters. The van der Waals surface area contributed by atoms with Gasteiger partial charge in [-0.05, 0) is 17.7 Å². The van der Waals surface area contributed by atoms with Crippen LogP contribution in [0.5, 0.6) is 0 Å². The summed E-state index contributed by atoms with van der Waals surface area (Å²) in [6.07, 6.45) is 1.52. The summed E-state index contributed by atoms with van der Waals surface area (Å²) >= 11 is 6.04. The fourth-order valence-electron chi connectivity index (χ4n) is 3.18. The Morgan fingerprint density at radius 1 is 1.17 bits per heavy atom. The summed E-state index contributed by atoms with van der Waals surface area (Å²) in [4.78, 5) is 38.5. The first-order chi connectivity index (χ1) is 14.3. The van der Waals surface area contributed by atoms with E-state index in [0.717, 1.165) is 5.56 Å². The van der Waals surface area contributed by atoms with Crippen molar-refractivity contribution in [1.29, 1.82) is 0 Å². The highest BCUT2D eigenvalue weighted by Gasteiger charge is 2.23. The molecule has 2 heterocycles. The summed E-state index contributed by atoms with van der Waals surface area (Å²) in [7, 11) is 0. The minimum atomic E-state index is -0.951. The molecular formula is C19H23ClN6O4. The Bertz CT molecular complexity index is 939. The van der Waals surface area contributed by atoms with Crippen molar-refractivity contribution in [2.75, 3.05) is 43.4 Å². The van der Waals surface area contributed by atoms with E-state index in [9.17, 15) is 14.4 Å². The quantitative estimate of drug-likeness (QED) is 0.633. The number of aromatic nitrogens is 2. The van der Waals surface area contributed by atoms with Crippen LogP contribution in [0.15, 0.2) is 30.5 Å². The van der Waals surface area contributed by atoms with Crippen LogP contribution < -0.4 is 10.6 Å². The molecular weight excluding hydrogens is 412 g/mol. The molecule has 1 aromatic heterocycles. The van der Waals surface area contributed by atoms with Gasteiger partial charge in [0.2, 0.25) is 5.91 Å². The minimum Gasteiger partial charge on any atom is -0.480 e. The Kier molecular flexibility index (Phi) is 6.91. The third kappa shape index (κ3) is 5.71. The fraction of sp³-hybridized carbons (Fsp3) is 0.368. The SMILES string of the molecule is CC(=O)Nc1ccn(C(=O)N2CCN(Cc3ccc(Cl)cc3NCC(=O)O)CC2)n1. The molecule has 0 unspecified atom stereocenters. The number of benzene rings is 1. The molecule has 1 aliphatic heterocycles. The molecule has 3 rings (SSSR count). The zero-order valence-corrected chi connectivity index (χ0v) is 17.2. The Morgan fingerprint density at radius 2 is 1.90 bits per heavy atom. The van der Waals surface area contributed by atoms with Crippen molar-refractivity contribution in [3.63, 3.8) is 0 Å². The smallest absolute Gasteiger partial charge is 0.344 e. The van der Waals surface area contributed by atoms with Crippen LogP contribution in [-0.2, 0) is 16.1 Å². The number of carbonyl (C=O) groups is 3. The van der Waals surface area contributed by atoms with E-state index < -0.39 is 5.97 Å². The third-order valence-corrected chi connectivity index (χ3v) is 4.86. The van der Waals surface area contributed by atoms with Crippen molar-refractivity contribution in [3.8, 4) is 0 Å². The topological polar surface area (TPSA) is 120 Å². The van der Waals surface area contributed by atoms with Gasteiger partial charge in [-0.1, -0.05) is 17.7 Å². The maximum absolute atomic E-state index is 12.6. The van der Waals surface area contributed by atoms with E-state index in [1.54, 1.807) is 23.1 Å². The van der Waals surface area contributed by atoms with Gasteiger partial charge in [0.25, 0.3) is 0 Å². The lowest BCUT2D eigenvalue weighted by Gasteiger charge is -2.34. The Hall–Kier alpha value is -3.11. The summed E-state index contributed by atoms with van der Waals surface area (Å²) in [5.74, 6) is -0.868. The van der Waals surface area contributed by atoms with Gasteiger partial charge in [-0.2, -0.15) is 4.68 Å². The average Bonchev–Trinajstić information content (AvgIpc) is 3.16. The van der Waals surface area contributed by atoms with Gasteiger partial charge < -0.3 is 20.6 Å². The maximum Gasteiger partial charge on any atom is 0.344 e. The summed E-state index contributed by atoms with van der Waals surface area (Å²) in [6.45, 7) is 4.16. The van der Waals surface area contributed by atoms with Gasteiger partial charge in [0.05, 0.1) is 0 Å². The molecule has 0 spiro atoms. The van der Waals surface area contributed by atoms with E-state index >= 15 is 0 Å². The maximum atomic E-state index is 12.6. The molecule has 2 aromatic rings. The Balaban J connectivity index is 1.57. The number of nitrogens with one attached hydrogen (secondary N) is 2. The second kappa shape index (κ2) is 9.59. The third-order valence-electron chi connectivity index (χ3n) is 4.63. The van der Waals surface area contributed by atoms with Crippen molar-refractivity contribution in [1.82, 2.24) is 19.6 Å². The van der Waals surface area contributed by atoms with Gasteiger partial charge in [0.15, 0.2) is 5.82 Å². The average molecular weight is 435 g/mol. The largest absolute Gasteiger partial charge is 0.480 e. The predicted molar refractivity (Wildman–Crippen MR) is 112 cm³/mol. The molecule has 30 heavy (non-hydrogen) atoms. The van der Waals surface area contributed by atoms with Gasteiger partial charge >= 0.3 is 12.0 Å². The number of piperazine rings is 1. The van der Waals surface area contributed by atoms with Crippen LogP contribution in [0.2, 0.25) is 5.02 Å². The van der Waals surface area contributed by atoms with E-state index in [2.05, 4.69) is 20.6 Å². The van der Waals surface area contributed by atoms with Gasteiger partial charge in [0.1, 0.15) is 6.54 Å². The lowest BCUT2D eigenvalue weighted by atomic mass is 10.1. The lowest BCUT2D eigenvalue weighted by Crippen LogP contribution is -2.49. The zero-order chi connectivity index (χ0) is 21.7. The first-order valence-corrected chi connectivity index (χ1v) is 9.78. The number of carboxylic acid groups (broad SMARTS) is 1. The number of aliphatic carboxylic acids is 1. The van der Waals surface area contributed by atoms with Gasteiger partial charge in [0, 0.05) is 62.6 Å². The number of anilines is 2. The second-order valence-electron chi connectivity index (χ2n) is 6.92. The van der Waals surface area contributed by atoms with Crippen LogP contribution in [0.1, 0.15) is 12.5 Å². The van der Waals surface area contributed by atoms with Gasteiger partial charge in [-0.15, -0.1) is 5.10 Å². The molecule has 0 radical (unpaired) electrons. The number of carbonyl (C=O) groups excluding carboxylic acids is 2. The second-order valence-corrected chi connectivity index (χ2v) is 7.36. The van der Waals surface area contributed by atoms with Crippen molar-refractivity contribution < 1.29 is 19.5 Å². The molecule has 0 bridgehead atoms. The van der Waals surface area contributed by atoms with Gasteiger partial charge in [-0.3, -0.25) is 14.5 Å². The molecule has 1 aliphatic rings. The first-order valence-electron chi connectivity index (χ1n) is 9.41. The molecule has 1 fully saturated rings. The van der Waals surface area contributed by atoms with Crippen molar-refractivity contribution in [3.05, 3.63) is 41.0 Å². The van der Waals surface area contributed by atoms with Crippen LogP contribution >= 0.6 is 11.6 Å². The minimum absolute atomic E-state index is 0.194. The molecule has 2 amide bonds. The lowest BCUT2D eigenvalue weighted by molar-refractivity contribution is -0.135. The van der Waals surface area contributed by atoms with E-state index in [0.29, 0.717) is 49.3 Å². The molecule has 11 heteroatoms. The van der Waals surface area contributed by atoms with Crippen LogP contribution in [0.4, 0.5) is 16.3 Å². The molecule has 160 valence electrons. The highest BCUT2D eigenvalue weighted by Crippen LogP contribution is 2.23. The molecule has 0 saturated carbocycles. The molecule has 1 saturated heterocycles. The summed E-state index contributed by atoms with van der Waals surface area (Å²) in [5.41, 5.74) is 1.62. The van der Waals surface area contributed by atoms with Crippen molar-refractivity contribution in [2.45, 2.75) is 13.5 Å². The number of hydrogen-bond acceptors (Lipinski definition) is 6. The normalized spacial score (nSPS) is 14.4. The summed E-state index contributed by atoms with van der Waals surface area (Å²) in [6, 6.07) is 6.68. The first kappa shape index (κ1) is 21.6. The number of nitrogens with zero attached hydrogens (tertiary/aromatic N) is 4. The van der Waals surface area contributed by atoms with E-state index in [1.165, 1.54) is 17.8 Å². The molecule has 3 N–H and O–H groups in total. The predicted octanol–water partition coefficient (Wildman–Crippen LogP) is 1.78. The molecule has 10 nitrogen and oxygen atoms in total. The molecule has 1 aromatic carbocycles. The number of carboxylic acids is 1. The molecule has 0 aliphatic carbocycles. The highest BCUT2D eigenvalue weighted by molar-refractivity contribution is 6.30. The van der Waals surface area contributed by atoms with E-state index in [1.807, 2.05) is 6.07 Å². The van der Waals surface area contributed by atoms with Crippen molar-refractivity contribution >= 4 is 41.0 Å². The highest BCUT2D eigenvalue weighted by atomic mass is 35.5. The summed E-state index contributed by atoms with van der Waals surface area (Å²) in [5, 5.41) is 18.9. The Labute approximate surface area is 178 Å². The Morgan fingerprint density at radius 3 is 2.57 bits per heavy atom. The fourth-order valence-corrected chi connectivity index (χ4v) is 3.35. The summed E-state index contributed by atoms with van der Waals surface area (Å²) < 4.78 is 1.22. The van der Waals surface area contributed by atoms with Gasteiger partial charge in [-0.25, -0.2) is 4.79 Å². The van der Waals surface area contributed by atoms with Crippen LogP contribution in [0, 0.1) is 0 Å². The van der Waals surface area contributed by atoms with Crippen LogP contribution in [0.3, 0.4) is 0 Å². The van der Waals surface area contributed by atoms with Crippen LogP contribution in [-0.4, -0.2) is 75.3 Å². The number of rotatable bonds is 6. The number of halogens is 1. The monoisotopic (exact) mass is 434 g/mol. The van der Waals surface area contributed by atoms with E-state index in [-0.39, 0.29) is 18.5 Å². The van der Waals surface area contributed by atoms with E-state index in [4.69, 9.17) is 16.7 Å². The zero-order valence-electron chi connectivity index (χ0n) is 16.5. The van der Waals surface area contributed by atoms with Crippen molar-refractivity contribution in [2.24, 2.45) is 0 Å². The number of hydrogen-bond donors (Lipinski definition) is 3.